The van der Waals surface area contributed by atoms with Gasteiger partial charge in [0.15, 0.2) is 0 Å². The van der Waals surface area contributed by atoms with Gasteiger partial charge in [-0.05, 0) is 43.2 Å². The van der Waals surface area contributed by atoms with Crippen LogP contribution in [0.4, 0.5) is 13.2 Å². The third kappa shape index (κ3) is 4.98. The van der Waals surface area contributed by atoms with Gasteiger partial charge in [-0.2, -0.15) is 18.3 Å². The molecule has 4 aromatic carbocycles. The summed E-state index contributed by atoms with van der Waals surface area (Å²) in [6.07, 6.45) is -4.50. The number of aromatic nitrogens is 2. The molecule has 5 rings (SSSR count). The van der Waals surface area contributed by atoms with Crippen LogP contribution < -0.4 is 4.74 Å². The third-order valence-corrected chi connectivity index (χ3v) is 6.04. The van der Waals surface area contributed by atoms with Crippen LogP contribution in [0, 0.1) is 13.8 Å². The van der Waals surface area contributed by atoms with E-state index >= 15 is 0 Å². The minimum Gasteiger partial charge on any atom is -0.489 e. The van der Waals surface area contributed by atoms with E-state index < -0.39 is 11.7 Å². The highest BCUT2D eigenvalue weighted by Crippen LogP contribution is 2.38. The maximum Gasteiger partial charge on any atom is 0.418 e. The predicted molar refractivity (Wildman–Crippen MR) is 136 cm³/mol. The van der Waals surface area contributed by atoms with Crippen molar-refractivity contribution < 1.29 is 17.9 Å². The molecule has 3 nitrogen and oxygen atoms in total. The topological polar surface area (TPSA) is 27.1 Å². The highest BCUT2D eigenvalue weighted by molar-refractivity contribution is 5.95. The van der Waals surface area contributed by atoms with Gasteiger partial charge in [-0.3, -0.25) is 4.68 Å². The predicted octanol–water partition coefficient (Wildman–Crippen LogP) is 7.97. The zero-order valence-electron chi connectivity index (χ0n) is 20.0. The van der Waals surface area contributed by atoms with Crippen LogP contribution in [0.25, 0.3) is 22.2 Å². The lowest BCUT2D eigenvalue weighted by Gasteiger charge is -2.12. The molecule has 0 unspecified atom stereocenters. The SMILES string of the molecule is Cc1cc(C)cc(COc2cccc(-c3c4cccc(C(F)(F)F)c4nn3Cc3ccccc3)c2)c1. The van der Waals surface area contributed by atoms with Crippen molar-refractivity contribution in [3.8, 4) is 17.0 Å². The summed E-state index contributed by atoms with van der Waals surface area (Å²) in [7, 11) is 0. The van der Waals surface area contributed by atoms with Gasteiger partial charge < -0.3 is 4.74 Å². The lowest BCUT2D eigenvalue weighted by Crippen LogP contribution is -2.06. The molecule has 0 N–H and O–H groups in total. The lowest BCUT2D eigenvalue weighted by molar-refractivity contribution is -0.136. The third-order valence-electron chi connectivity index (χ3n) is 6.04. The molecule has 0 saturated carbocycles. The Labute approximate surface area is 207 Å². The number of benzene rings is 4. The molecule has 0 saturated heterocycles. The van der Waals surface area contributed by atoms with E-state index in [2.05, 4.69) is 23.3 Å². The van der Waals surface area contributed by atoms with E-state index in [1.165, 1.54) is 17.2 Å². The molecule has 0 bridgehead atoms. The van der Waals surface area contributed by atoms with E-state index in [1.807, 2.05) is 68.4 Å². The molecule has 0 fully saturated rings. The lowest BCUT2D eigenvalue weighted by atomic mass is 10.0. The number of fused-ring (bicyclic) bond motifs is 1. The molecule has 36 heavy (non-hydrogen) atoms. The zero-order valence-corrected chi connectivity index (χ0v) is 20.0. The Morgan fingerprint density at radius 1 is 0.778 bits per heavy atom. The van der Waals surface area contributed by atoms with E-state index in [-0.39, 0.29) is 5.52 Å². The molecule has 0 aliphatic rings. The summed E-state index contributed by atoms with van der Waals surface area (Å²) >= 11 is 0. The van der Waals surface area contributed by atoms with Gasteiger partial charge in [0.25, 0.3) is 0 Å². The fraction of sp³-hybridized carbons (Fsp3) is 0.167. The first kappa shape index (κ1) is 23.7. The molecule has 1 heterocycles. The van der Waals surface area contributed by atoms with Gasteiger partial charge in [-0.15, -0.1) is 0 Å². The van der Waals surface area contributed by atoms with E-state index in [1.54, 1.807) is 10.7 Å². The van der Waals surface area contributed by atoms with Crippen LogP contribution in [0.2, 0.25) is 0 Å². The molecule has 0 aliphatic heterocycles. The fourth-order valence-corrected chi connectivity index (χ4v) is 4.61. The average Bonchev–Trinajstić information content (AvgIpc) is 3.20. The summed E-state index contributed by atoms with van der Waals surface area (Å²) in [4.78, 5) is 0. The first-order valence-corrected chi connectivity index (χ1v) is 11.7. The van der Waals surface area contributed by atoms with Gasteiger partial charge in [-0.1, -0.05) is 83.9 Å². The molecule has 0 aliphatic carbocycles. The Balaban J connectivity index is 1.57. The monoisotopic (exact) mass is 486 g/mol. The van der Waals surface area contributed by atoms with E-state index in [4.69, 9.17) is 4.74 Å². The van der Waals surface area contributed by atoms with Crippen molar-refractivity contribution in [1.29, 1.82) is 0 Å². The fourth-order valence-electron chi connectivity index (χ4n) is 4.61. The number of ether oxygens (including phenoxy) is 1. The van der Waals surface area contributed by atoms with Crippen molar-refractivity contribution in [2.24, 2.45) is 0 Å². The number of hydrogen-bond donors (Lipinski definition) is 0. The number of alkyl halides is 3. The van der Waals surface area contributed by atoms with E-state index in [0.29, 0.717) is 30.0 Å². The summed E-state index contributed by atoms with van der Waals surface area (Å²) in [6, 6.07) is 27.5. The van der Waals surface area contributed by atoms with Crippen LogP contribution in [0.3, 0.4) is 0 Å². The summed E-state index contributed by atoms with van der Waals surface area (Å²) < 4.78 is 49.1. The van der Waals surface area contributed by atoms with Gasteiger partial charge in [0, 0.05) is 10.9 Å². The highest BCUT2D eigenvalue weighted by Gasteiger charge is 2.34. The summed E-state index contributed by atoms with van der Waals surface area (Å²) in [5.41, 5.74) is 4.91. The molecule has 0 radical (unpaired) electrons. The highest BCUT2D eigenvalue weighted by atomic mass is 19.4. The van der Waals surface area contributed by atoms with Crippen molar-refractivity contribution in [1.82, 2.24) is 9.78 Å². The summed E-state index contributed by atoms with van der Waals surface area (Å²) in [5, 5.41) is 4.90. The van der Waals surface area contributed by atoms with Crippen molar-refractivity contribution in [3.63, 3.8) is 0 Å². The molecule has 0 atom stereocenters. The minimum absolute atomic E-state index is 0.0579. The molecule has 0 spiro atoms. The van der Waals surface area contributed by atoms with Crippen molar-refractivity contribution in [2.75, 3.05) is 0 Å². The molecule has 1 aromatic heterocycles. The second kappa shape index (κ2) is 9.53. The van der Waals surface area contributed by atoms with Gasteiger partial charge in [0.1, 0.15) is 17.9 Å². The van der Waals surface area contributed by atoms with Gasteiger partial charge in [0.05, 0.1) is 17.8 Å². The molecular weight excluding hydrogens is 461 g/mol. The summed E-state index contributed by atoms with van der Waals surface area (Å²) in [6.45, 7) is 4.83. The van der Waals surface area contributed by atoms with Gasteiger partial charge in [0.2, 0.25) is 0 Å². The molecular formula is C30H25F3N2O. The number of aryl methyl sites for hydroxylation is 2. The zero-order chi connectivity index (χ0) is 25.3. The Morgan fingerprint density at radius 3 is 2.22 bits per heavy atom. The maximum atomic E-state index is 13.8. The van der Waals surface area contributed by atoms with Crippen molar-refractivity contribution in [3.05, 3.63) is 119 Å². The Hall–Kier alpha value is -4.06. The van der Waals surface area contributed by atoms with Gasteiger partial charge >= 0.3 is 6.18 Å². The van der Waals surface area contributed by atoms with Crippen molar-refractivity contribution in [2.45, 2.75) is 33.2 Å². The van der Waals surface area contributed by atoms with Gasteiger partial charge in [-0.25, -0.2) is 0 Å². The largest absolute Gasteiger partial charge is 0.489 e. The Morgan fingerprint density at radius 2 is 1.50 bits per heavy atom. The van der Waals surface area contributed by atoms with Crippen molar-refractivity contribution >= 4 is 10.9 Å². The van der Waals surface area contributed by atoms with Crippen LogP contribution in [-0.2, 0) is 19.3 Å². The van der Waals surface area contributed by atoms with Crippen LogP contribution in [-0.4, -0.2) is 9.78 Å². The Bertz CT molecular complexity index is 1500. The average molecular weight is 487 g/mol. The molecule has 5 aromatic rings. The quantitative estimate of drug-likeness (QED) is 0.243. The standard InChI is InChI=1S/C30H25F3N2O/c1-20-14-21(2)16-23(15-20)19-36-25-11-6-10-24(17-25)29-26-12-7-13-27(30(31,32)33)28(26)34-35(29)18-22-8-4-3-5-9-22/h3-17H,18-19H2,1-2H3. The first-order valence-electron chi connectivity index (χ1n) is 11.7. The smallest absolute Gasteiger partial charge is 0.418 e. The van der Waals surface area contributed by atoms with Crippen LogP contribution in [0.1, 0.15) is 27.8 Å². The molecule has 6 heteroatoms. The van der Waals surface area contributed by atoms with Crippen LogP contribution >= 0.6 is 0 Å². The van der Waals surface area contributed by atoms with E-state index in [9.17, 15) is 13.2 Å². The minimum atomic E-state index is -4.50. The van der Waals surface area contributed by atoms with E-state index in [0.717, 1.165) is 22.8 Å². The first-order chi connectivity index (χ1) is 17.3. The number of hydrogen-bond acceptors (Lipinski definition) is 2. The normalized spacial score (nSPS) is 11.7. The molecule has 0 amide bonds. The number of nitrogens with zero attached hydrogens (tertiary/aromatic N) is 2. The van der Waals surface area contributed by atoms with Crippen LogP contribution in [0.5, 0.6) is 5.75 Å². The summed E-state index contributed by atoms with van der Waals surface area (Å²) in [5.74, 6) is 0.638. The second-order valence-electron chi connectivity index (χ2n) is 9.00. The molecule has 182 valence electrons. The van der Waals surface area contributed by atoms with Crippen LogP contribution in [0.15, 0.2) is 91.0 Å². The second-order valence-corrected chi connectivity index (χ2v) is 9.00. The number of halogens is 3. The maximum absolute atomic E-state index is 13.8. The Kier molecular flexibility index (Phi) is 6.27. The number of rotatable bonds is 6.